The lowest BCUT2D eigenvalue weighted by Crippen LogP contribution is -2.26. The third kappa shape index (κ3) is 5.37. The number of nitrogens with one attached hydrogen (secondary N) is 1. The van der Waals surface area contributed by atoms with Crippen molar-refractivity contribution in [2.45, 2.75) is 64.8 Å². The van der Waals surface area contributed by atoms with Crippen LogP contribution in [0.4, 0.5) is 5.69 Å². The van der Waals surface area contributed by atoms with E-state index >= 15 is 0 Å². The molecule has 4 heteroatoms. The second kappa shape index (κ2) is 8.70. The molecule has 24 heavy (non-hydrogen) atoms. The fraction of sp³-hybridized carbons (Fsp3) is 0.550. The first kappa shape index (κ1) is 20.8. The SMILES string of the molecule is CCC/C=C(/C)c1c(C)ccc(C(Br)C(=O)OC(C)(C)C)c1NC. The Balaban J connectivity index is 3.33. The number of unbranched alkanes of at least 4 members (excludes halogenated alkanes) is 1. The van der Waals surface area contributed by atoms with Gasteiger partial charge in [0.2, 0.25) is 0 Å². The zero-order valence-corrected chi connectivity index (χ0v) is 17.5. The first-order valence-electron chi connectivity index (χ1n) is 8.47. The molecule has 134 valence electrons. The molecule has 0 aliphatic heterocycles. The highest BCUT2D eigenvalue weighted by Gasteiger charge is 2.27. The fourth-order valence-corrected chi connectivity index (χ4v) is 3.13. The summed E-state index contributed by atoms with van der Waals surface area (Å²) in [7, 11) is 1.89. The van der Waals surface area contributed by atoms with Crippen molar-refractivity contribution in [3.63, 3.8) is 0 Å². The minimum absolute atomic E-state index is 0.274. The third-order valence-electron chi connectivity index (χ3n) is 3.72. The molecule has 0 bridgehead atoms. The first-order valence-corrected chi connectivity index (χ1v) is 9.39. The topological polar surface area (TPSA) is 38.3 Å². The van der Waals surface area contributed by atoms with Crippen molar-refractivity contribution in [2.24, 2.45) is 0 Å². The number of aryl methyl sites for hydroxylation is 1. The maximum Gasteiger partial charge on any atom is 0.324 e. The van der Waals surface area contributed by atoms with Crippen LogP contribution in [0.25, 0.3) is 5.57 Å². The van der Waals surface area contributed by atoms with Gasteiger partial charge >= 0.3 is 5.97 Å². The van der Waals surface area contributed by atoms with E-state index in [1.54, 1.807) is 0 Å². The van der Waals surface area contributed by atoms with E-state index in [4.69, 9.17) is 4.74 Å². The highest BCUT2D eigenvalue weighted by molar-refractivity contribution is 9.09. The maximum atomic E-state index is 12.5. The molecule has 0 fully saturated rings. The lowest BCUT2D eigenvalue weighted by Gasteiger charge is -2.24. The number of benzene rings is 1. The van der Waals surface area contributed by atoms with Gasteiger partial charge in [0.25, 0.3) is 0 Å². The molecule has 3 nitrogen and oxygen atoms in total. The van der Waals surface area contributed by atoms with Crippen LogP contribution in [-0.2, 0) is 9.53 Å². The number of esters is 1. The average Bonchev–Trinajstić information content (AvgIpc) is 2.49. The Morgan fingerprint density at radius 3 is 2.50 bits per heavy atom. The van der Waals surface area contributed by atoms with Gasteiger partial charge in [-0.3, -0.25) is 4.79 Å². The van der Waals surface area contributed by atoms with Crippen molar-refractivity contribution in [1.29, 1.82) is 0 Å². The maximum absolute atomic E-state index is 12.5. The van der Waals surface area contributed by atoms with Gasteiger partial charge in [0.05, 0.1) is 0 Å². The number of hydrogen-bond acceptors (Lipinski definition) is 3. The number of halogens is 1. The van der Waals surface area contributed by atoms with Crippen LogP contribution in [0, 0.1) is 6.92 Å². The molecule has 1 N–H and O–H groups in total. The molecule has 1 rings (SSSR count). The number of ether oxygens (including phenoxy) is 1. The highest BCUT2D eigenvalue weighted by atomic mass is 79.9. The van der Waals surface area contributed by atoms with Gasteiger partial charge < -0.3 is 10.1 Å². The molecule has 0 heterocycles. The lowest BCUT2D eigenvalue weighted by atomic mass is 9.94. The summed E-state index contributed by atoms with van der Waals surface area (Å²) in [6.07, 6.45) is 4.41. The Bertz CT molecular complexity index is 615. The summed E-state index contributed by atoms with van der Waals surface area (Å²) in [6, 6.07) is 4.05. The van der Waals surface area contributed by atoms with Gasteiger partial charge in [-0.25, -0.2) is 0 Å². The number of rotatable bonds is 6. The summed E-state index contributed by atoms with van der Waals surface area (Å²) in [5, 5.41) is 3.28. The van der Waals surface area contributed by atoms with E-state index in [2.05, 4.69) is 54.2 Å². The molecule has 0 saturated heterocycles. The molecule has 1 aromatic carbocycles. The smallest absolute Gasteiger partial charge is 0.324 e. The van der Waals surface area contributed by atoms with E-state index < -0.39 is 10.4 Å². The summed E-state index contributed by atoms with van der Waals surface area (Å²) in [6.45, 7) is 12.0. The number of allylic oxidation sites excluding steroid dienone is 2. The molecule has 0 amide bonds. The Morgan fingerprint density at radius 2 is 2.00 bits per heavy atom. The quantitative estimate of drug-likeness (QED) is 0.472. The minimum atomic E-state index is -0.507. The monoisotopic (exact) mass is 395 g/mol. The van der Waals surface area contributed by atoms with Crippen LogP contribution in [0.3, 0.4) is 0 Å². The van der Waals surface area contributed by atoms with Crippen LogP contribution in [-0.4, -0.2) is 18.6 Å². The number of carbonyl (C=O) groups is 1. The zero-order chi connectivity index (χ0) is 18.5. The van der Waals surface area contributed by atoms with E-state index in [9.17, 15) is 4.79 Å². The van der Waals surface area contributed by atoms with Crippen molar-refractivity contribution in [3.05, 3.63) is 34.9 Å². The van der Waals surface area contributed by atoms with Crippen LogP contribution in [0.15, 0.2) is 18.2 Å². The van der Waals surface area contributed by atoms with Crippen LogP contribution in [0.5, 0.6) is 0 Å². The Kier molecular flexibility index (Phi) is 7.53. The molecule has 0 aliphatic carbocycles. The molecule has 1 aromatic rings. The van der Waals surface area contributed by atoms with E-state index in [-0.39, 0.29) is 5.97 Å². The van der Waals surface area contributed by atoms with E-state index in [1.165, 1.54) is 11.1 Å². The summed E-state index contributed by atoms with van der Waals surface area (Å²) >= 11 is 3.52. The van der Waals surface area contributed by atoms with Gasteiger partial charge in [0.1, 0.15) is 10.4 Å². The first-order chi connectivity index (χ1) is 11.1. The van der Waals surface area contributed by atoms with Crippen molar-refractivity contribution in [1.82, 2.24) is 0 Å². The zero-order valence-electron chi connectivity index (χ0n) is 15.9. The van der Waals surface area contributed by atoms with Gasteiger partial charge in [0, 0.05) is 23.9 Å². The summed E-state index contributed by atoms with van der Waals surface area (Å²) < 4.78 is 5.52. The molecular weight excluding hydrogens is 366 g/mol. The number of carbonyl (C=O) groups excluding carboxylic acids is 1. The fourth-order valence-electron chi connectivity index (χ4n) is 2.66. The highest BCUT2D eigenvalue weighted by Crippen LogP contribution is 2.38. The minimum Gasteiger partial charge on any atom is -0.459 e. The molecule has 0 aromatic heterocycles. The Morgan fingerprint density at radius 1 is 1.38 bits per heavy atom. The molecule has 0 spiro atoms. The molecule has 0 radical (unpaired) electrons. The van der Waals surface area contributed by atoms with E-state index in [0.29, 0.717) is 0 Å². The number of anilines is 1. The van der Waals surface area contributed by atoms with E-state index in [1.807, 2.05) is 33.9 Å². The van der Waals surface area contributed by atoms with Crippen molar-refractivity contribution in [3.8, 4) is 0 Å². The van der Waals surface area contributed by atoms with Crippen molar-refractivity contribution in [2.75, 3.05) is 12.4 Å². The van der Waals surface area contributed by atoms with Crippen LogP contribution >= 0.6 is 15.9 Å². The summed E-state index contributed by atoms with van der Waals surface area (Å²) in [4.78, 5) is 12.0. The van der Waals surface area contributed by atoms with Crippen LogP contribution < -0.4 is 5.32 Å². The molecular formula is C20H30BrNO2. The van der Waals surface area contributed by atoms with E-state index in [0.717, 1.165) is 29.7 Å². The predicted octanol–water partition coefficient (Wildman–Crippen LogP) is 6.02. The van der Waals surface area contributed by atoms with Gasteiger partial charge in [-0.1, -0.05) is 47.5 Å². The number of hydrogen-bond donors (Lipinski definition) is 1. The lowest BCUT2D eigenvalue weighted by molar-refractivity contribution is -0.154. The second-order valence-electron chi connectivity index (χ2n) is 7.04. The Labute approximate surface area is 155 Å². The molecule has 1 atom stereocenters. The van der Waals surface area contributed by atoms with Gasteiger partial charge in [-0.2, -0.15) is 0 Å². The second-order valence-corrected chi connectivity index (χ2v) is 7.96. The predicted molar refractivity (Wildman–Crippen MR) is 107 cm³/mol. The van der Waals surface area contributed by atoms with Gasteiger partial charge in [-0.15, -0.1) is 0 Å². The number of alkyl halides is 1. The molecule has 0 saturated carbocycles. The van der Waals surface area contributed by atoms with Gasteiger partial charge in [0.15, 0.2) is 0 Å². The van der Waals surface area contributed by atoms with Crippen LogP contribution in [0.2, 0.25) is 0 Å². The Hall–Kier alpha value is -1.29. The standard InChI is InChI=1S/C20H30BrNO2/c1-8-9-10-13(2)16-14(3)11-12-15(18(16)22-7)17(21)19(23)24-20(4,5)6/h10-12,17,22H,8-9H2,1-7H3/b13-10-. The average molecular weight is 396 g/mol. The van der Waals surface area contributed by atoms with Crippen LogP contribution in [0.1, 0.15) is 69.0 Å². The largest absolute Gasteiger partial charge is 0.459 e. The summed E-state index contributed by atoms with van der Waals surface area (Å²) in [5.74, 6) is -0.274. The third-order valence-corrected chi connectivity index (χ3v) is 4.58. The normalized spacial score (nSPS) is 13.6. The molecule has 0 aliphatic rings. The molecule has 1 unspecified atom stereocenters. The van der Waals surface area contributed by atoms with Crippen molar-refractivity contribution >= 4 is 33.2 Å². The van der Waals surface area contributed by atoms with Gasteiger partial charge in [-0.05, 0) is 52.2 Å². The van der Waals surface area contributed by atoms with Crippen molar-refractivity contribution < 1.29 is 9.53 Å². The summed E-state index contributed by atoms with van der Waals surface area (Å²) in [5.41, 5.74) is 4.95.